The average molecular weight is 326 g/mol. The number of carbonyl (C=O) groups is 1. The molecule has 24 heavy (non-hydrogen) atoms. The molecule has 6 nitrogen and oxygen atoms in total. The molecule has 1 N–H and O–H groups in total. The van der Waals surface area contributed by atoms with Gasteiger partial charge in [-0.2, -0.15) is 0 Å². The van der Waals surface area contributed by atoms with Gasteiger partial charge in [-0.1, -0.05) is 0 Å². The molecule has 2 saturated heterocycles. The second kappa shape index (κ2) is 6.73. The van der Waals surface area contributed by atoms with Gasteiger partial charge in [0.05, 0.1) is 11.6 Å². The standard InChI is InChI=1S/C18H22N4O2/c23-18(19-11-14-4-3-9-24-14)13-5-6-16-15(10-13)17(21-12-20-16)22-7-1-2-8-22/h5-6,10,12,14H,1-4,7-9,11H2,(H,19,23)/t14-/m1/s1. The Bertz CT molecular complexity index is 737. The molecule has 2 aliphatic rings. The highest BCUT2D eigenvalue weighted by atomic mass is 16.5. The Morgan fingerprint density at radius 2 is 2.12 bits per heavy atom. The van der Waals surface area contributed by atoms with E-state index < -0.39 is 0 Å². The Kier molecular flexibility index (Phi) is 4.30. The summed E-state index contributed by atoms with van der Waals surface area (Å²) in [4.78, 5) is 23.5. The first-order valence-corrected chi connectivity index (χ1v) is 8.71. The van der Waals surface area contributed by atoms with Crippen LogP contribution in [0.5, 0.6) is 0 Å². The third-order valence-corrected chi connectivity index (χ3v) is 4.80. The highest BCUT2D eigenvalue weighted by molar-refractivity contribution is 6.00. The van der Waals surface area contributed by atoms with Gasteiger partial charge in [-0.25, -0.2) is 9.97 Å². The summed E-state index contributed by atoms with van der Waals surface area (Å²) < 4.78 is 5.55. The van der Waals surface area contributed by atoms with Crippen LogP contribution < -0.4 is 10.2 Å². The zero-order chi connectivity index (χ0) is 16.4. The monoisotopic (exact) mass is 326 g/mol. The normalized spacial score (nSPS) is 20.7. The van der Waals surface area contributed by atoms with E-state index >= 15 is 0 Å². The molecule has 1 atom stereocenters. The molecule has 0 aliphatic carbocycles. The molecule has 2 aliphatic heterocycles. The van der Waals surface area contributed by atoms with Crippen molar-refractivity contribution in [2.75, 3.05) is 31.1 Å². The summed E-state index contributed by atoms with van der Waals surface area (Å²) in [6, 6.07) is 5.64. The fraction of sp³-hybridized carbons (Fsp3) is 0.500. The van der Waals surface area contributed by atoms with Crippen LogP contribution >= 0.6 is 0 Å². The Balaban J connectivity index is 1.56. The predicted molar refractivity (Wildman–Crippen MR) is 92.3 cm³/mol. The topological polar surface area (TPSA) is 67.3 Å². The lowest BCUT2D eigenvalue weighted by Gasteiger charge is -2.18. The minimum absolute atomic E-state index is 0.0661. The van der Waals surface area contributed by atoms with Gasteiger partial charge in [0.2, 0.25) is 0 Å². The number of aromatic nitrogens is 2. The Morgan fingerprint density at radius 3 is 2.92 bits per heavy atom. The molecule has 4 rings (SSSR count). The molecule has 0 bridgehead atoms. The van der Waals surface area contributed by atoms with Crippen LogP contribution in [0.1, 0.15) is 36.0 Å². The quantitative estimate of drug-likeness (QED) is 0.932. The SMILES string of the molecule is O=C(NC[C@H]1CCCO1)c1ccc2ncnc(N3CCCC3)c2c1. The van der Waals surface area contributed by atoms with Gasteiger partial charge in [-0.05, 0) is 43.9 Å². The van der Waals surface area contributed by atoms with Gasteiger partial charge in [0, 0.05) is 37.2 Å². The van der Waals surface area contributed by atoms with Crippen molar-refractivity contribution < 1.29 is 9.53 Å². The van der Waals surface area contributed by atoms with Crippen LogP contribution in [0.3, 0.4) is 0 Å². The molecule has 1 amide bonds. The summed E-state index contributed by atoms with van der Waals surface area (Å²) in [7, 11) is 0. The van der Waals surface area contributed by atoms with E-state index in [0.717, 1.165) is 49.3 Å². The van der Waals surface area contributed by atoms with Crippen LogP contribution in [0.4, 0.5) is 5.82 Å². The molecule has 2 aromatic rings. The highest BCUT2D eigenvalue weighted by Gasteiger charge is 2.19. The van der Waals surface area contributed by atoms with E-state index in [-0.39, 0.29) is 12.0 Å². The van der Waals surface area contributed by atoms with E-state index in [2.05, 4.69) is 20.2 Å². The lowest BCUT2D eigenvalue weighted by atomic mass is 10.1. The lowest BCUT2D eigenvalue weighted by molar-refractivity contribution is 0.0858. The van der Waals surface area contributed by atoms with Crippen LogP contribution in [0, 0.1) is 0 Å². The van der Waals surface area contributed by atoms with Gasteiger partial charge >= 0.3 is 0 Å². The molecule has 0 saturated carbocycles. The van der Waals surface area contributed by atoms with E-state index in [4.69, 9.17) is 4.74 Å². The first-order chi connectivity index (χ1) is 11.8. The van der Waals surface area contributed by atoms with E-state index in [1.807, 2.05) is 18.2 Å². The third-order valence-electron chi connectivity index (χ3n) is 4.80. The van der Waals surface area contributed by atoms with E-state index in [1.165, 1.54) is 12.8 Å². The smallest absolute Gasteiger partial charge is 0.251 e. The second-order valence-electron chi connectivity index (χ2n) is 6.47. The van der Waals surface area contributed by atoms with Gasteiger partial charge in [0.15, 0.2) is 0 Å². The highest BCUT2D eigenvalue weighted by Crippen LogP contribution is 2.26. The summed E-state index contributed by atoms with van der Waals surface area (Å²) in [5.74, 6) is 0.870. The molecular weight excluding hydrogens is 304 g/mol. The molecule has 126 valence electrons. The third kappa shape index (κ3) is 3.06. The van der Waals surface area contributed by atoms with Crippen molar-refractivity contribution in [3.05, 3.63) is 30.1 Å². The van der Waals surface area contributed by atoms with E-state index in [9.17, 15) is 4.79 Å². The van der Waals surface area contributed by atoms with Crippen LogP contribution in [-0.4, -0.2) is 48.2 Å². The summed E-state index contributed by atoms with van der Waals surface area (Å²) >= 11 is 0. The Hall–Kier alpha value is -2.21. The number of hydrogen-bond donors (Lipinski definition) is 1. The number of benzene rings is 1. The van der Waals surface area contributed by atoms with Crippen LogP contribution in [-0.2, 0) is 4.74 Å². The van der Waals surface area contributed by atoms with Crippen molar-refractivity contribution >= 4 is 22.6 Å². The Labute approximate surface area is 141 Å². The number of anilines is 1. The second-order valence-corrected chi connectivity index (χ2v) is 6.47. The van der Waals surface area contributed by atoms with E-state index in [1.54, 1.807) is 6.33 Å². The number of carbonyl (C=O) groups excluding carboxylic acids is 1. The van der Waals surface area contributed by atoms with E-state index in [0.29, 0.717) is 12.1 Å². The van der Waals surface area contributed by atoms with Crippen LogP contribution in [0.2, 0.25) is 0 Å². The van der Waals surface area contributed by atoms with Crippen molar-refractivity contribution in [2.24, 2.45) is 0 Å². The lowest BCUT2D eigenvalue weighted by Crippen LogP contribution is -2.31. The first-order valence-electron chi connectivity index (χ1n) is 8.71. The maximum atomic E-state index is 12.5. The average Bonchev–Trinajstić information content (AvgIpc) is 3.32. The summed E-state index contributed by atoms with van der Waals surface area (Å²) in [5.41, 5.74) is 1.53. The number of nitrogens with one attached hydrogen (secondary N) is 1. The Morgan fingerprint density at radius 1 is 1.25 bits per heavy atom. The van der Waals surface area contributed by atoms with Gasteiger partial charge in [0.1, 0.15) is 12.1 Å². The van der Waals surface area contributed by atoms with Crippen molar-refractivity contribution in [1.82, 2.24) is 15.3 Å². The maximum absolute atomic E-state index is 12.5. The van der Waals surface area contributed by atoms with Crippen molar-refractivity contribution in [1.29, 1.82) is 0 Å². The summed E-state index contributed by atoms with van der Waals surface area (Å²) in [6.07, 6.45) is 6.23. The summed E-state index contributed by atoms with van der Waals surface area (Å²) in [6.45, 7) is 3.40. The molecule has 0 radical (unpaired) electrons. The van der Waals surface area contributed by atoms with Crippen molar-refractivity contribution in [3.8, 4) is 0 Å². The van der Waals surface area contributed by atoms with Gasteiger partial charge in [-0.3, -0.25) is 4.79 Å². The number of ether oxygens (including phenoxy) is 1. The van der Waals surface area contributed by atoms with Crippen LogP contribution in [0.15, 0.2) is 24.5 Å². The molecule has 1 aromatic carbocycles. The molecule has 2 fully saturated rings. The minimum atomic E-state index is -0.0661. The predicted octanol–water partition coefficient (Wildman–Crippen LogP) is 2.14. The van der Waals surface area contributed by atoms with Crippen molar-refractivity contribution in [3.63, 3.8) is 0 Å². The fourth-order valence-corrected chi connectivity index (χ4v) is 3.48. The zero-order valence-corrected chi connectivity index (χ0v) is 13.7. The molecule has 0 unspecified atom stereocenters. The number of nitrogens with zero attached hydrogens (tertiary/aromatic N) is 3. The number of fused-ring (bicyclic) bond motifs is 1. The number of rotatable bonds is 4. The van der Waals surface area contributed by atoms with Gasteiger partial charge in [0.25, 0.3) is 5.91 Å². The molecule has 1 aromatic heterocycles. The maximum Gasteiger partial charge on any atom is 0.251 e. The molecule has 6 heteroatoms. The number of hydrogen-bond acceptors (Lipinski definition) is 5. The summed E-state index contributed by atoms with van der Waals surface area (Å²) in [5, 5.41) is 3.92. The zero-order valence-electron chi connectivity index (χ0n) is 13.7. The largest absolute Gasteiger partial charge is 0.376 e. The first kappa shape index (κ1) is 15.3. The number of amides is 1. The fourth-order valence-electron chi connectivity index (χ4n) is 3.48. The minimum Gasteiger partial charge on any atom is -0.376 e. The van der Waals surface area contributed by atoms with Crippen molar-refractivity contribution in [2.45, 2.75) is 31.8 Å². The van der Waals surface area contributed by atoms with Gasteiger partial charge in [-0.15, -0.1) is 0 Å². The molecule has 3 heterocycles. The van der Waals surface area contributed by atoms with Crippen LogP contribution in [0.25, 0.3) is 10.9 Å². The van der Waals surface area contributed by atoms with Gasteiger partial charge < -0.3 is 15.0 Å². The molecule has 0 spiro atoms. The molecular formula is C18H22N4O2.